The first-order chi connectivity index (χ1) is 6.26. The Morgan fingerprint density at radius 1 is 1.50 bits per heavy atom. The molecule has 0 fully saturated rings. The number of aliphatic hydroxyl groups is 1. The van der Waals surface area contributed by atoms with Gasteiger partial charge in [0, 0.05) is 6.04 Å². The van der Waals surface area contributed by atoms with Gasteiger partial charge in [0.1, 0.15) is 5.60 Å². The molecule has 0 amide bonds. The highest BCUT2D eigenvalue weighted by Gasteiger charge is 2.19. The van der Waals surface area contributed by atoms with E-state index in [0.29, 0.717) is 0 Å². The fraction of sp³-hybridized carbons (Fsp3) is 0.900. The van der Waals surface area contributed by atoms with Gasteiger partial charge in [-0.1, -0.05) is 0 Å². The Labute approximate surface area is 85.9 Å². The Bertz CT molecular complexity index is 186. The molecule has 0 aliphatic carbocycles. The van der Waals surface area contributed by atoms with Gasteiger partial charge in [-0.2, -0.15) is 0 Å². The van der Waals surface area contributed by atoms with E-state index < -0.39 is 5.60 Å². The van der Waals surface area contributed by atoms with Gasteiger partial charge in [0.25, 0.3) is 0 Å². The summed E-state index contributed by atoms with van der Waals surface area (Å²) in [5.41, 5.74) is -0.444. The summed E-state index contributed by atoms with van der Waals surface area (Å²) in [7, 11) is 1.78. The largest absolute Gasteiger partial charge is 0.459 e. The van der Waals surface area contributed by atoms with Crippen LogP contribution in [0.1, 0.15) is 27.7 Å². The van der Waals surface area contributed by atoms with Crippen LogP contribution in [-0.2, 0) is 9.53 Å². The maximum Gasteiger partial charge on any atom is 0.320 e. The first kappa shape index (κ1) is 13.4. The predicted molar refractivity (Wildman–Crippen MR) is 55.0 cm³/mol. The van der Waals surface area contributed by atoms with Crippen LogP contribution in [0, 0.1) is 0 Å². The molecule has 0 aromatic rings. The molecule has 0 spiro atoms. The van der Waals surface area contributed by atoms with E-state index in [1.54, 1.807) is 11.9 Å². The molecule has 0 aliphatic rings. The third-order valence-corrected chi connectivity index (χ3v) is 1.82. The van der Waals surface area contributed by atoms with Gasteiger partial charge in [-0.15, -0.1) is 0 Å². The highest BCUT2D eigenvalue weighted by molar-refractivity contribution is 5.72. The van der Waals surface area contributed by atoms with E-state index in [1.165, 1.54) is 0 Å². The molecule has 1 N–H and O–H groups in total. The number of nitrogens with zero attached hydrogens (tertiary/aromatic N) is 1. The van der Waals surface area contributed by atoms with Crippen molar-refractivity contribution in [2.24, 2.45) is 0 Å². The molecule has 0 heterocycles. The van der Waals surface area contributed by atoms with Crippen LogP contribution in [0.25, 0.3) is 0 Å². The van der Waals surface area contributed by atoms with E-state index in [4.69, 9.17) is 9.84 Å². The smallest absolute Gasteiger partial charge is 0.320 e. The average Bonchev–Trinajstić information content (AvgIpc) is 1.99. The third kappa shape index (κ3) is 5.94. The van der Waals surface area contributed by atoms with Crippen LogP contribution in [0.2, 0.25) is 0 Å². The normalized spacial score (nSPS) is 14.2. The number of rotatable bonds is 4. The summed E-state index contributed by atoms with van der Waals surface area (Å²) in [6, 6.07) is -0.0254. The molecule has 4 heteroatoms. The molecule has 0 radical (unpaired) electrons. The summed E-state index contributed by atoms with van der Waals surface area (Å²) in [5, 5.41) is 8.86. The van der Waals surface area contributed by atoms with E-state index in [9.17, 15) is 4.79 Å². The monoisotopic (exact) mass is 203 g/mol. The highest BCUT2D eigenvalue weighted by Crippen LogP contribution is 2.07. The minimum atomic E-state index is -0.444. The van der Waals surface area contributed by atoms with Crippen molar-refractivity contribution < 1.29 is 14.6 Å². The lowest BCUT2D eigenvalue weighted by Gasteiger charge is -2.25. The predicted octanol–water partition coefficient (Wildman–Crippen LogP) is 0.641. The second-order valence-corrected chi connectivity index (χ2v) is 4.53. The number of carbonyl (C=O) groups excluding carboxylic acids is 1. The molecule has 84 valence electrons. The number of hydrogen-bond donors (Lipinski definition) is 1. The fourth-order valence-corrected chi connectivity index (χ4v) is 0.873. The lowest BCUT2D eigenvalue weighted by atomic mass is 10.2. The van der Waals surface area contributed by atoms with Crippen LogP contribution in [0.5, 0.6) is 0 Å². The van der Waals surface area contributed by atoms with E-state index in [-0.39, 0.29) is 25.2 Å². The highest BCUT2D eigenvalue weighted by atomic mass is 16.6. The first-order valence-electron chi connectivity index (χ1n) is 4.79. The standard InChI is InChI=1S/C10H21NO3/c1-8(7-12)11(5)6-9(13)14-10(2,3)4/h8,12H,6-7H2,1-5H3/t8-/m1/s1. The van der Waals surface area contributed by atoms with Crippen molar-refractivity contribution in [3.8, 4) is 0 Å². The minimum Gasteiger partial charge on any atom is -0.459 e. The molecular weight excluding hydrogens is 182 g/mol. The maximum atomic E-state index is 11.3. The molecule has 0 aromatic heterocycles. The Balaban J connectivity index is 3.95. The van der Waals surface area contributed by atoms with Crippen LogP contribution in [-0.4, -0.2) is 47.8 Å². The van der Waals surface area contributed by atoms with Crippen molar-refractivity contribution in [3.05, 3.63) is 0 Å². The molecule has 0 saturated carbocycles. The van der Waals surface area contributed by atoms with E-state index in [0.717, 1.165) is 0 Å². The Hall–Kier alpha value is -0.610. The van der Waals surface area contributed by atoms with Crippen LogP contribution >= 0.6 is 0 Å². The maximum absolute atomic E-state index is 11.3. The summed E-state index contributed by atoms with van der Waals surface area (Å²) in [4.78, 5) is 13.1. The lowest BCUT2D eigenvalue weighted by molar-refractivity contribution is -0.156. The van der Waals surface area contributed by atoms with Gasteiger partial charge in [0.2, 0.25) is 0 Å². The average molecular weight is 203 g/mol. The van der Waals surface area contributed by atoms with Crippen LogP contribution in [0.4, 0.5) is 0 Å². The SMILES string of the molecule is C[C@H](CO)N(C)CC(=O)OC(C)(C)C. The lowest BCUT2D eigenvalue weighted by Crippen LogP contribution is -2.38. The fourth-order valence-electron chi connectivity index (χ4n) is 0.873. The molecule has 0 bridgehead atoms. The molecule has 0 rings (SSSR count). The van der Waals surface area contributed by atoms with Gasteiger partial charge in [0.15, 0.2) is 0 Å². The van der Waals surface area contributed by atoms with E-state index in [2.05, 4.69) is 0 Å². The van der Waals surface area contributed by atoms with Crippen molar-refractivity contribution in [2.75, 3.05) is 20.2 Å². The zero-order valence-electron chi connectivity index (χ0n) is 9.70. The van der Waals surface area contributed by atoms with Gasteiger partial charge in [-0.3, -0.25) is 9.69 Å². The van der Waals surface area contributed by atoms with Crippen molar-refractivity contribution in [1.82, 2.24) is 4.90 Å². The second-order valence-electron chi connectivity index (χ2n) is 4.53. The summed E-state index contributed by atoms with van der Waals surface area (Å²) >= 11 is 0. The topological polar surface area (TPSA) is 49.8 Å². The molecular formula is C10H21NO3. The molecule has 0 saturated heterocycles. The van der Waals surface area contributed by atoms with Gasteiger partial charge < -0.3 is 9.84 Å². The van der Waals surface area contributed by atoms with Gasteiger partial charge in [-0.25, -0.2) is 0 Å². The number of hydrogen-bond acceptors (Lipinski definition) is 4. The van der Waals surface area contributed by atoms with E-state index in [1.807, 2.05) is 27.7 Å². The Morgan fingerprint density at radius 2 is 2.00 bits per heavy atom. The molecule has 0 unspecified atom stereocenters. The van der Waals surface area contributed by atoms with Gasteiger partial charge >= 0.3 is 5.97 Å². The van der Waals surface area contributed by atoms with E-state index >= 15 is 0 Å². The zero-order chi connectivity index (χ0) is 11.4. The van der Waals surface area contributed by atoms with Crippen LogP contribution < -0.4 is 0 Å². The third-order valence-electron chi connectivity index (χ3n) is 1.82. The number of esters is 1. The first-order valence-corrected chi connectivity index (χ1v) is 4.79. The Kier molecular flexibility index (Phi) is 5.08. The summed E-state index contributed by atoms with van der Waals surface area (Å²) < 4.78 is 5.14. The van der Waals surface area contributed by atoms with Crippen molar-refractivity contribution in [3.63, 3.8) is 0 Å². The number of aliphatic hydroxyl groups excluding tert-OH is 1. The molecule has 0 aliphatic heterocycles. The molecule has 4 nitrogen and oxygen atoms in total. The number of carbonyl (C=O) groups is 1. The van der Waals surface area contributed by atoms with Gasteiger partial charge in [0.05, 0.1) is 13.2 Å². The van der Waals surface area contributed by atoms with Crippen LogP contribution in [0.3, 0.4) is 0 Å². The van der Waals surface area contributed by atoms with Crippen LogP contribution in [0.15, 0.2) is 0 Å². The minimum absolute atomic E-state index is 0.0254. The number of ether oxygens (including phenoxy) is 1. The van der Waals surface area contributed by atoms with Gasteiger partial charge in [-0.05, 0) is 34.7 Å². The summed E-state index contributed by atoms with van der Waals surface area (Å²) in [6.07, 6.45) is 0. The summed E-state index contributed by atoms with van der Waals surface area (Å²) in [5.74, 6) is -0.264. The molecule has 14 heavy (non-hydrogen) atoms. The van der Waals surface area contributed by atoms with Crippen molar-refractivity contribution in [2.45, 2.75) is 39.3 Å². The molecule has 0 aromatic carbocycles. The summed E-state index contributed by atoms with van der Waals surface area (Å²) in [6.45, 7) is 7.60. The quantitative estimate of drug-likeness (QED) is 0.681. The Morgan fingerprint density at radius 3 is 2.36 bits per heavy atom. The molecule has 1 atom stereocenters. The second kappa shape index (κ2) is 5.32. The van der Waals surface area contributed by atoms with Crippen molar-refractivity contribution >= 4 is 5.97 Å². The zero-order valence-corrected chi connectivity index (χ0v) is 9.70. The number of likely N-dealkylation sites (N-methyl/N-ethyl adjacent to an activating group) is 1. The van der Waals surface area contributed by atoms with Crippen molar-refractivity contribution in [1.29, 1.82) is 0 Å².